The molecule has 5 nitrogen and oxygen atoms in total. The third-order valence-corrected chi connectivity index (χ3v) is 4.76. The third-order valence-electron chi connectivity index (χ3n) is 2.65. The van der Waals surface area contributed by atoms with Crippen molar-refractivity contribution in [3.8, 4) is 10.7 Å². The smallest absolute Gasteiger partial charge is 0.306 e. The number of hydrogen-bond donors (Lipinski definition) is 0. The van der Waals surface area contributed by atoms with E-state index in [4.69, 9.17) is 4.52 Å². The van der Waals surface area contributed by atoms with E-state index in [0.717, 1.165) is 4.88 Å². The number of carbonyl (C=O) groups is 1. The molecule has 2 heterocycles. The highest BCUT2D eigenvalue weighted by Crippen LogP contribution is 2.33. The minimum absolute atomic E-state index is 0.0378. The molecule has 2 aromatic rings. The lowest BCUT2D eigenvalue weighted by atomic mass is 10.3. The summed E-state index contributed by atoms with van der Waals surface area (Å²) in [5, 5.41) is 6.13. The van der Waals surface area contributed by atoms with Gasteiger partial charge in [-0.2, -0.15) is 4.98 Å². The molecule has 0 fully saturated rings. The molecule has 0 aliphatic heterocycles. The summed E-state index contributed by atoms with van der Waals surface area (Å²) in [6, 6.07) is 3.91. The van der Waals surface area contributed by atoms with Gasteiger partial charge < -0.3 is 9.26 Å². The van der Waals surface area contributed by atoms with Gasteiger partial charge in [0.15, 0.2) is 0 Å². The first-order valence-corrected chi connectivity index (χ1v) is 8.02. The fraction of sp³-hybridized carbons (Fsp3) is 0.462. The van der Waals surface area contributed by atoms with E-state index < -0.39 is 0 Å². The number of thioether (sulfide) groups is 1. The van der Waals surface area contributed by atoms with Gasteiger partial charge in [-0.05, 0) is 18.4 Å². The second-order valence-corrected chi connectivity index (χ2v) is 7.03. The lowest BCUT2D eigenvalue weighted by Crippen LogP contribution is -2.09. The van der Waals surface area contributed by atoms with Gasteiger partial charge in [0.05, 0.1) is 23.7 Å². The summed E-state index contributed by atoms with van der Waals surface area (Å²) < 4.78 is 9.95. The number of esters is 1. The summed E-state index contributed by atoms with van der Waals surface area (Å²) in [5.41, 5.74) is 0. The number of aromatic nitrogens is 2. The van der Waals surface area contributed by atoms with Crippen LogP contribution in [0.4, 0.5) is 0 Å². The highest BCUT2D eigenvalue weighted by atomic mass is 32.2. The predicted octanol–water partition coefficient (Wildman–Crippen LogP) is 3.54. The quantitative estimate of drug-likeness (QED) is 0.760. The second-order valence-electron chi connectivity index (χ2n) is 4.30. The summed E-state index contributed by atoms with van der Waals surface area (Å²) in [5.74, 6) is 0.986. The van der Waals surface area contributed by atoms with Crippen molar-refractivity contribution in [2.24, 2.45) is 0 Å². The first-order chi connectivity index (χ1) is 9.60. The summed E-state index contributed by atoms with van der Waals surface area (Å²) in [7, 11) is 1.40. The molecule has 0 aliphatic rings. The Morgan fingerprint density at radius 2 is 2.35 bits per heavy atom. The molecule has 0 unspecified atom stereocenters. The van der Waals surface area contributed by atoms with Crippen molar-refractivity contribution in [3.05, 3.63) is 23.4 Å². The summed E-state index contributed by atoms with van der Waals surface area (Å²) in [6.45, 7) is 3.97. The van der Waals surface area contributed by atoms with Gasteiger partial charge in [-0.25, -0.2) is 0 Å². The highest BCUT2D eigenvalue weighted by Gasteiger charge is 2.20. The van der Waals surface area contributed by atoms with Crippen LogP contribution < -0.4 is 0 Å². The normalized spacial score (nSPS) is 13.9. The molecule has 108 valence electrons. The van der Waals surface area contributed by atoms with E-state index in [0.29, 0.717) is 18.1 Å². The average molecular weight is 312 g/mol. The van der Waals surface area contributed by atoms with Gasteiger partial charge in [0.25, 0.3) is 0 Å². The van der Waals surface area contributed by atoms with Crippen LogP contribution in [0.25, 0.3) is 10.7 Å². The largest absolute Gasteiger partial charge is 0.469 e. The standard InChI is InChI=1S/C13H16N2O3S2/c1-8(7-11(16)17-3)20-9(2)13-14-12(15-18-13)10-5-4-6-19-10/h4-6,8-9H,7H2,1-3H3/t8-,9-/m1/s1. The lowest BCUT2D eigenvalue weighted by molar-refractivity contribution is -0.140. The van der Waals surface area contributed by atoms with E-state index >= 15 is 0 Å². The molecule has 0 spiro atoms. The summed E-state index contributed by atoms with van der Waals surface area (Å²) in [6.07, 6.45) is 0.372. The Morgan fingerprint density at radius 3 is 3.00 bits per heavy atom. The molecule has 7 heteroatoms. The van der Waals surface area contributed by atoms with Crippen LogP contribution in [-0.4, -0.2) is 28.5 Å². The molecule has 2 aromatic heterocycles. The molecule has 0 saturated carbocycles. The van der Waals surface area contributed by atoms with Crippen molar-refractivity contribution in [1.29, 1.82) is 0 Å². The Bertz CT molecular complexity index is 554. The topological polar surface area (TPSA) is 65.2 Å². The minimum Gasteiger partial charge on any atom is -0.469 e. The number of nitrogens with zero attached hydrogens (tertiary/aromatic N) is 2. The summed E-state index contributed by atoms with van der Waals surface area (Å²) in [4.78, 5) is 16.6. The number of thiophene rings is 1. The van der Waals surface area contributed by atoms with Gasteiger partial charge in [0, 0.05) is 5.25 Å². The predicted molar refractivity (Wildman–Crippen MR) is 79.7 cm³/mol. The summed E-state index contributed by atoms with van der Waals surface area (Å²) >= 11 is 3.19. The molecule has 0 aromatic carbocycles. The maximum atomic E-state index is 11.2. The zero-order valence-electron chi connectivity index (χ0n) is 11.5. The molecule has 0 aliphatic carbocycles. The number of methoxy groups -OCH3 is 1. The zero-order chi connectivity index (χ0) is 14.5. The zero-order valence-corrected chi connectivity index (χ0v) is 13.2. The van der Waals surface area contributed by atoms with Gasteiger partial charge in [0.2, 0.25) is 11.7 Å². The van der Waals surface area contributed by atoms with E-state index in [9.17, 15) is 4.79 Å². The minimum atomic E-state index is -0.206. The molecule has 0 N–H and O–H groups in total. The Hall–Kier alpha value is -1.34. The Labute approximate surface area is 125 Å². The van der Waals surface area contributed by atoms with Crippen LogP contribution in [0.1, 0.15) is 31.4 Å². The average Bonchev–Trinajstić information content (AvgIpc) is 3.08. The van der Waals surface area contributed by atoms with E-state index in [1.54, 1.807) is 23.1 Å². The van der Waals surface area contributed by atoms with Gasteiger partial charge in [0.1, 0.15) is 0 Å². The van der Waals surface area contributed by atoms with E-state index in [-0.39, 0.29) is 16.5 Å². The molecule has 2 rings (SSSR count). The van der Waals surface area contributed by atoms with E-state index in [1.165, 1.54) is 7.11 Å². The molecular formula is C13H16N2O3S2. The van der Waals surface area contributed by atoms with E-state index in [1.807, 2.05) is 31.4 Å². The van der Waals surface area contributed by atoms with Crippen molar-refractivity contribution in [2.45, 2.75) is 30.8 Å². The van der Waals surface area contributed by atoms with Gasteiger partial charge in [-0.1, -0.05) is 18.1 Å². The van der Waals surface area contributed by atoms with Crippen molar-refractivity contribution in [3.63, 3.8) is 0 Å². The van der Waals surface area contributed by atoms with Crippen LogP contribution in [0.15, 0.2) is 22.0 Å². The van der Waals surface area contributed by atoms with Gasteiger partial charge in [-0.15, -0.1) is 23.1 Å². The highest BCUT2D eigenvalue weighted by molar-refractivity contribution is 8.00. The van der Waals surface area contributed by atoms with Crippen LogP contribution in [0, 0.1) is 0 Å². The van der Waals surface area contributed by atoms with Gasteiger partial charge in [-0.3, -0.25) is 4.79 Å². The second kappa shape index (κ2) is 6.90. The van der Waals surface area contributed by atoms with Crippen molar-refractivity contribution in [2.75, 3.05) is 7.11 Å². The number of ether oxygens (including phenoxy) is 1. The fourth-order valence-corrected chi connectivity index (χ4v) is 3.47. The Morgan fingerprint density at radius 1 is 1.55 bits per heavy atom. The monoisotopic (exact) mass is 312 g/mol. The van der Waals surface area contributed by atoms with Gasteiger partial charge >= 0.3 is 5.97 Å². The first kappa shape index (κ1) is 15.1. The molecular weight excluding hydrogens is 296 g/mol. The third kappa shape index (κ3) is 3.83. The molecule has 0 amide bonds. The van der Waals surface area contributed by atoms with E-state index in [2.05, 4.69) is 14.9 Å². The van der Waals surface area contributed by atoms with Crippen molar-refractivity contribution in [1.82, 2.24) is 10.1 Å². The molecule has 2 atom stereocenters. The maximum absolute atomic E-state index is 11.2. The molecule has 0 bridgehead atoms. The number of carbonyl (C=O) groups excluding carboxylic acids is 1. The lowest BCUT2D eigenvalue weighted by Gasteiger charge is -2.12. The van der Waals surface area contributed by atoms with Crippen molar-refractivity contribution >= 4 is 29.1 Å². The van der Waals surface area contributed by atoms with Crippen LogP contribution in [0.3, 0.4) is 0 Å². The first-order valence-electron chi connectivity index (χ1n) is 6.20. The Kier molecular flexibility index (Phi) is 5.19. The SMILES string of the molecule is COC(=O)C[C@@H](C)S[C@H](C)c1nc(-c2cccs2)no1. The van der Waals surface area contributed by atoms with Crippen LogP contribution in [0.2, 0.25) is 0 Å². The van der Waals surface area contributed by atoms with Crippen LogP contribution in [0.5, 0.6) is 0 Å². The Balaban J connectivity index is 1.96. The van der Waals surface area contributed by atoms with Crippen LogP contribution in [-0.2, 0) is 9.53 Å². The molecule has 0 radical (unpaired) electrons. The number of rotatable bonds is 6. The maximum Gasteiger partial charge on any atom is 0.306 e. The molecule has 0 saturated heterocycles. The van der Waals surface area contributed by atoms with Crippen molar-refractivity contribution < 1.29 is 14.1 Å². The van der Waals surface area contributed by atoms with Crippen LogP contribution >= 0.6 is 23.1 Å². The fourth-order valence-electron chi connectivity index (χ4n) is 1.68. The molecule has 20 heavy (non-hydrogen) atoms. The number of hydrogen-bond acceptors (Lipinski definition) is 7.